The third kappa shape index (κ3) is 2.66. The molecule has 0 aliphatic rings. The van der Waals surface area contributed by atoms with E-state index in [-0.39, 0.29) is 18.2 Å². The first-order valence-electron chi connectivity index (χ1n) is 4.27. The van der Waals surface area contributed by atoms with Crippen LogP contribution in [0.1, 0.15) is 12.5 Å². The summed E-state index contributed by atoms with van der Waals surface area (Å²) in [5.74, 6) is 0.0845. The van der Waals surface area contributed by atoms with Crippen LogP contribution in [0.25, 0.3) is 0 Å². The van der Waals surface area contributed by atoms with Gasteiger partial charge in [-0.2, -0.15) is 0 Å². The quantitative estimate of drug-likeness (QED) is 0.725. The fourth-order valence-corrected chi connectivity index (χ4v) is 1.09. The third-order valence-corrected chi connectivity index (χ3v) is 1.80. The van der Waals surface area contributed by atoms with Gasteiger partial charge in [0, 0.05) is 25.5 Å². The van der Waals surface area contributed by atoms with E-state index < -0.39 is 0 Å². The molecule has 4 heteroatoms. The van der Waals surface area contributed by atoms with Crippen molar-refractivity contribution in [3.63, 3.8) is 0 Å². The number of aliphatic hydroxyl groups excluding tert-OH is 1. The highest BCUT2D eigenvalue weighted by Gasteiger charge is 2.03. The van der Waals surface area contributed by atoms with Crippen molar-refractivity contribution in [2.24, 2.45) is 5.92 Å². The van der Waals surface area contributed by atoms with E-state index in [0.29, 0.717) is 6.54 Å². The molecule has 0 amide bonds. The predicted octanol–water partition coefficient (Wildman–Crippen LogP) is 0.180. The van der Waals surface area contributed by atoms with Gasteiger partial charge in [0.25, 0.3) is 0 Å². The van der Waals surface area contributed by atoms with E-state index in [1.165, 1.54) is 4.57 Å². The van der Waals surface area contributed by atoms with Crippen molar-refractivity contribution < 1.29 is 5.11 Å². The first kappa shape index (κ1) is 9.92. The number of aryl methyl sites for hydroxylation is 1. The lowest BCUT2D eigenvalue weighted by Crippen LogP contribution is -2.26. The van der Waals surface area contributed by atoms with E-state index >= 15 is 0 Å². The molecule has 0 aliphatic heterocycles. The molecule has 1 unspecified atom stereocenters. The second-order valence-electron chi connectivity index (χ2n) is 3.35. The molecule has 0 fully saturated rings. The number of hydrogen-bond acceptors (Lipinski definition) is 3. The fourth-order valence-electron chi connectivity index (χ4n) is 1.09. The summed E-state index contributed by atoms with van der Waals surface area (Å²) in [5.41, 5.74) is 0.690. The van der Waals surface area contributed by atoms with Crippen molar-refractivity contribution >= 4 is 0 Å². The zero-order valence-electron chi connectivity index (χ0n) is 7.90. The molecule has 0 saturated carbocycles. The average molecular weight is 182 g/mol. The highest BCUT2D eigenvalue weighted by atomic mass is 16.3. The predicted molar refractivity (Wildman–Crippen MR) is 49.5 cm³/mol. The van der Waals surface area contributed by atoms with Crippen LogP contribution in [0.5, 0.6) is 0 Å². The van der Waals surface area contributed by atoms with E-state index in [9.17, 15) is 4.79 Å². The van der Waals surface area contributed by atoms with Crippen LogP contribution >= 0.6 is 0 Å². The highest BCUT2D eigenvalue weighted by Crippen LogP contribution is 1.97. The van der Waals surface area contributed by atoms with Gasteiger partial charge in [-0.15, -0.1) is 0 Å². The number of hydrogen-bond donors (Lipinski definition) is 1. The third-order valence-electron chi connectivity index (χ3n) is 1.80. The number of nitrogens with zero attached hydrogens (tertiary/aromatic N) is 2. The summed E-state index contributed by atoms with van der Waals surface area (Å²) in [5, 5.41) is 8.82. The van der Waals surface area contributed by atoms with Gasteiger partial charge in [-0.3, -0.25) is 4.57 Å². The summed E-state index contributed by atoms with van der Waals surface area (Å²) < 4.78 is 1.52. The molecule has 4 nitrogen and oxygen atoms in total. The Labute approximate surface area is 76.9 Å². The summed E-state index contributed by atoms with van der Waals surface area (Å²) in [4.78, 5) is 14.9. The van der Waals surface area contributed by atoms with Crippen LogP contribution in [0.2, 0.25) is 0 Å². The Morgan fingerprint density at radius 3 is 3.00 bits per heavy atom. The van der Waals surface area contributed by atoms with Crippen LogP contribution in [0.15, 0.2) is 17.2 Å². The Balaban J connectivity index is 2.87. The molecule has 0 aromatic carbocycles. The van der Waals surface area contributed by atoms with Crippen LogP contribution < -0.4 is 5.69 Å². The average Bonchev–Trinajstić information content (AvgIpc) is 2.11. The Kier molecular flexibility index (Phi) is 3.19. The normalized spacial score (nSPS) is 12.8. The molecule has 1 aromatic heterocycles. The molecule has 0 bridgehead atoms. The minimum absolute atomic E-state index is 0.0837. The summed E-state index contributed by atoms with van der Waals surface area (Å²) in [6, 6.07) is 0. The Morgan fingerprint density at radius 2 is 2.38 bits per heavy atom. The van der Waals surface area contributed by atoms with Crippen molar-refractivity contribution in [3.05, 3.63) is 28.4 Å². The number of aromatic nitrogens is 2. The van der Waals surface area contributed by atoms with Crippen molar-refractivity contribution in [3.8, 4) is 0 Å². The van der Waals surface area contributed by atoms with Gasteiger partial charge in [0.2, 0.25) is 0 Å². The molecule has 1 aromatic rings. The van der Waals surface area contributed by atoms with Crippen molar-refractivity contribution in [2.45, 2.75) is 20.4 Å². The van der Waals surface area contributed by atoms with Gasteiger partial charge in [-0.05, 0) is 18.4 Å². The summed E-state index contributed by atoms with van der Waals surface area (Å²) >= 11 is 0. The monoisotopic (exact) mass is 182 g/mol. The Morgan fingerprint density at radius 1 is 1.69 bits per heavy atom. The van der Waals surface area contributed by atoms with Gasteiger partial charge >= 0.3 is 5.69 Å². The first-order valence-corrected chi connectivity index (χ1v) is 4.27. The zero-order chi connectivity index (χ0) is 9.84. The number of aliphatic hydroxyl groups is 1. The van der Waals surface area contributed by atoms with E-state index in [0.717, 1.165) is 5.56 Å². The Hall–Kier alpha value is -1.16. The zero-order valence-corrected chi connectivity index (χ0v) is 7.90. The van der Waals surface area contributed by atoms with Gasteiger partial charge < -0.3 is 5.11 Å². The van der Waals surface area contributed by atoms with Gasteiger partial charge in [0.05, 0.1) is 0 Å². The molecule has 0 spiro atoms. The maximum Gasteiger partial charge on any atom is 0.347 e. The molecular formula is C9H14N2O2. The fraction of sp³-hybridized carbons (Fsp3) is 0.556. The molecular weight excluding hydrogens is 168 g/mol. The molecule has 1 rings (SSSR count). The van der Waals surface area contributed by atoms with Gasteiger partial charge in [0.15, 0.2) is 0 Å². The summed E-state index contributed by atoms with van der Waals surface area (Å²) in [6.45, 7) is 4.37. The van der Waals surface area contributed by atoms with E-state index in [1.807, 2.05) is 13.8 Å². The SMILES string of the molecule is Cc1cnc(=O)n(CC(C)CO)c1. The van der Waals surface area contributed by atoms with Gasteiger partial charge in [-0.25, -0.2) is 9.78 Å². The molecule has 0 radical (unpaired) electrons. The van der Waals surface area contributed by atoms with Crippen molar-refractivity contribution in [1.82, 2.24) is 9.55 Å². The molecule has 0 aliphatic carbocycles. The smallest absolute Gasteiger partial charge is 0.347 e. The standard InChI is InChI=1S/C9H14N2O2/c1-7-3-10-9(13)11(4-7)5-8(2)6-12/h3-4,8,12H,5-6H2,1-2H3. The maximum absolute atomic E-state index is 11.2. The lowest BCUT2D eigenvalue weighted by atomic mass is 10.2. The molecule has 13 heavy (non-hydrogen) atoms. The van der Waals surface area contributed by atoms with Crippen LogP contribution in [0.4, 0.5) is 0 Å². The van der Waals surface area contributed by atoms with Gasteiger partial charge in [-0.1, -0.05) is 6.92 Å². The van der Waals surface area contributed by atoms with Gasteiger partial charge in [0.1, 0.15) is 0 Å². The van der Waals surface area contributed by atoms with Crippen LogP contribution in [-0.2, 0) is 6.54 Å². The van der Waals surface area contributed by atoms with E-state index in [4.69, 9.17) is 5.11 Å². The topological polar surface area (TPSA) is 55.1 Å². The first-order chi connectivity index (χ1) is 6.13. The minimum Gasteiger partial charge on any atom is -0.396 e. The van der Waals surface area contributed by atoms with Crippen LogP contribution in [-0.4, -0.2) is 21.3 Å². The lowest BCUT2D eigenvalue weighted by Gasteiger charge is -2.09. The van der Waals surface area contributed by atoms with E-state index in [1.54, 1.807) is 12.4 Å². The van der Waals surface area contributed by atoms with Crippen LogP contribution in [0, 0.1) is 12.8 Å². The second kappa shape index (κ2) is 4.18. The summed E-state index contributed by atoms with van der Waals surface area (Å²) in [7, 11) is 0. The summed E-state index contributed by atoms with van der Waals surface area (Å²) in [6.07, 6.45) is 3.30. The molecule has 1 atom stereocenters. The largest absolute Gasteiger partial charge is 0.396 e. The minimum atomic E-state index is -0.258. The second-order valence-corrected chi connectivity index (χ2v) is 3.35. The molecule has 0 saturated heterocycles. The Bertz CT molecular complexity index is 333. The van der Waals surface area contributed by atoms with Crippen molar-refractivity contribution in [1.29, 1.82) is 0 Å². The molecule has 1 N–H and O–H groups in total. The van der Waals surface area contributed by atoms with Crippen molar-refractivity contribution in [2.75, 3.05) is 6.61 Å². The van der Waals surface area contributed by atoms with E-state index in [2.05, 4.69) is 4.98 Å². The van der Waals surface area contributed by atoms with Crippen LogP contribution in [0.3, 0.4) is 0 Å². The molecule has 1 heterocycles. The molecule has 72 valence electrons. The maximum atomic E-state index is 11.2. The highest BCUT2D eigenvalue weighted by molar-refractivity contribution is 4.99. The number of rotatable bonds is 3. The lowest BCUT2D eigenvalue weighted by molar-refractivity contribution is 0.221.